The van der Waals surface area contributed by atoms with E-state index in [-0.39, 0.29) is 22.3 Å². The average molecular weight is 500 g/mol. The van der Waals surface area contributed by atoms with Crippen LogP contribution in [0.3, 0.4) is 0 Å². The van der Waals surface area contributed by atoms with Gasteiger partial charge in [-0.15, -0.1) is 10.2 Å². The maximum Gasteiger partial charge on any atom is 0.274 e. The maximum atomic E-state index is 13.5. The normalized spacial score (nSPS) is 24.6. The van der Waals surface area contributed by atoms with Gasteiger partial charge in [0.25, 0.3) is 5.91 Å². The minimum atomic E-state index is -0.184. The van der Waals surface area contributed by atoms with Crippen LogP contribution < -0.4 is 16.0 Å². The number of carbonyl (C=O) groups is 1. The van der Waals surface area contributed by atoms with Crippen molar-refractivity contribution in [3.63, 3.8) is 0 Å². The molecule has 6 rings (SSSR count). The summed E-state index contributed by atoms with van der Waals surface area (Å²) < 4.78 is 2.01. The highest BCUT2D eigenvalue weighted by Gasteiger charge is 2.48. The molecular weight excluding hydrogens is 462 g/mol. The first kappa shape index (κ1) is 24.1. The molecule has 1 amide bonds. The third-order valence-electron chi connectivity index (χ3n) is 8.59. The van der Waals surface area contributed by atoms with Crippen molar-refractivity contribution < 1.29 is 4.79 Å². The van der Waals surface area contributed by atoms with Gasteiger partial charge in [-0.05, 0) is 67.9 Å². The summed E-state index contributed by atoms with van der Waals surface area (Å²) >= 11 is 0. The molecule has 0 bridgehead atoms. The van der Waals surface area contributed by atoms with Crippen LogP contribution >= 0.6 is 0 Å². The summed E-state index contributed by atoms with van der Waals surface area (Å²) in [5, 5.41) is 18.9. The molecule has 8 nitrogen and oxygen atoms in total. The number of nitrogens with one attached hydrogen (secondary N) is 3. The van der Waals surface area contributed by atoms with Gasteiger partial charge < -0.3 is 20.5 Å². The third-order valence-corrected chi connectivity index (χ3v) is 8.59. The average Bonchev–Trinajstić information content (AvgIpc) is 3.29. The maximum absolute atomic E-state index is 13.5. The molecule has 1 aliphatic heterocycles. The van der Waals surface area contributed by atoms with Gasteiger partial charge in [-0.1, -0.05) is 32.9 Å². The fourth-order valence-electron chi connectivity index (χ4n) is 6.09. The Labute approximate surface area is 218 Å². The predicted octanol–water partition coefficient (Wildman–Crippen LogP) is 4.52. The van der Waals surface area contributed by atoms with Crippen molar-refractivity contribution in [1.29, 1.82) is 0 Å². The van der Waals surface area contributed by atoms with E-state index in [4.69, 9.17) is 4.98 Å². The Bertz CT molecular complexity index is 1360. The molecule has 8 heteroatoms. The van der Waals surface area contributed by atoms with Gasteiger partial charge in [-0.2, -0.15) is 0 Å². The zero-order chi connectivity index (χ0) is 26.0. The molecule has 3 aliphatic rings. The highest BCUT2D eigenvalue weighted by atomic mass is 16.1. The van der Waals surface area contributed by atoms with Crippen molar-refractivity contribution in [3.05, 3.63) is 65.0 Å². The number of amides is 1. The van der Waals surface area contributed by atoms with Gasteiger partial charge >= 0.3 is 0 Å². The first-order valence-corrected chi connectivity index (χ1v) is 13.4. The van der Waals surface area contributed by atoms with Crippen LogP contribution in [0.25, 0.3) is 0 Å². The summed E-state index contributed by atoms with van der Waals surface area (Å²) in [6.07, 6.45) is 6.17. The molecule has 3 heterocycles. The molecule has 0 spiro atoms. The van der Waals surface area contributed by atoms with E-state index in [0.717, 1.165) is 60.0 Å². The smallest absolute Gasteiger partial charge is 0.274 e. The van der Waals surface area contributed by atoms with E-state index < -0.39 is 0 Å². The molecule has 0 radical (unpaired) electrons. The first-order chi connectivity index (χ1) is 17.6. The second-order valence-corrected chi connectivity index (χ2v) is 12.4. The number of nitrogens with zero attached hydrogens (tertiary/aromatic N) is 4. The first-order valence-electron chi connectivity index (χ1n) is 13.4. The van der Waals surface area contributed by atoms with E-state index in [1.807, 2.05) is 29.8 Å². The molecule has 2 aliphatic carbocycles. The van der Waals surface area contributed by atoms with Crippen LogP contribution in [0.2, 0.25) is 0 Å². The van der Waals surface area contributed by atoms with E-state index in [1.54, 1.807) is 6.33 Å². The molecule has 194 valence electrons. The number of aryl methyl sites for hydroxylation is 1. The number of carbonyl (C=O) groups excluding carboxylic acids is 1. The minimum Gasteiger partial charge on any atom is -0.382 e. The van der Waals surface area contributed by atoms with Gasteiger partial charge in [0.05, 0.1) is 16.8 Å². The Morgan fingerprint density at radius 1 is 1.19 bits per heavy atom. The Balaban J connectivity index is 1.29. The lowest BCUT2D eigenvalue weighted by atomic mass is 9.58. The Morgan fingerprint density at radius 3 is 2.65 bits per heavy atom. The molecule has 3 aromatic rings. The van der Waals surface area contributed by atoms with Crippen LogP contribution in [-0.4, -0.2) is 37.7 Å². The summed E-state index contributed by atoms with van der Waals surface area (Å²) in [6, 6.07) is 10.1. The van der Waals surface area contributed by atoms with E-state index in [0.29, 0.717) is 11.6 Å². The molecular formula is C29H37N7O. The molecule has 2 fully saturated rings. The largest absolute Gasteiger partial charge is 0.382 e. The third kappa shape index (κ3) is 4.21. The Hall–Kier alpha value is -3.26. The van der Waals surface area contributed by atoms with Crippen LogP contribution in [0.1, 0.15) is 86.5 Å². The molecule has 0 atom stereocenters. The summed E-state index contributed by atoms with van der Waals surface area (Å²) in [4.78, 5) is 18.4. The highest BCUT2D eigenvalue weighted by Crippen LogP contribution is 2.51. The van der Waals surface area contributed by atoms with Crippen molar-refractivity contribution in [2.24, 2.45) is 13.0 Å². The second-order valence-electron chi connectivity index (χ2n) is 12.4. The topological polar surface area (TPSA) is 96.8 Å². The van der Waals surface area contributed by atoms with Crippen molar-refractivity contribution >= 4 is 17.3 Å². The van der Waals surface area contributed by atoms with Gasteiger partial charge in [-0.25, -0.2) is 4.98 Å². The van der Waals surface area contributed by atoms with Crippen molar-refractivity contribution in [1.82, 2.24) is 25.1 Å². The molecule has 3 N–H and O–H groups in total. The highest BCUT2D eigenvalue weighted by molar-refractivity contribution is 6.03. The number of hydrogen-bond donors (Lipinski definition) is 3. The zero-order valence-electron chi connectivity index (χ0n) is 22.5. The van der Waals surface area contributed by atoms with Crippen LogP contribution in [0, 0.1) is 5.92 Å². The van der Waals surface area contributed by atoms with Gasteiger partial charge in [0.1, 0.15) is 17.8 Å². The Morgan fingerprint density at radius 2 is 1.97 bits per heavy atom. The molecule has 2 saturated carbocycles. The minimum absolute atomic E-state index is 0.132. The van der Waals surface area contributed by atoms with Crippen LogP contribution in [0.15, 0.2) is 36.7 Å². The SMILES string of the molecule is Cn1cnnc1[C@]1(c2cccc(NC(=O)c3cc(CNC4(C)CC4)c4c(n3)C(C)(C)CN4)c2)C[C@H](C)C1. The molecule has 2 aromatic heterocycles. The number of anilines is 2. The summed E-state index contributed by atoms with van der Waals surface area (Å²) in [5.74, 6) is 1.41. The van der Waals surface area contributed by atoms with E-state index in [9.17, 15) is 4.79 Å². The van der Waals surface area contributed by atoms with E-state index in [2.05, 4.69) is 66.0 Å². The molecule has 1 aromatic carbocycles. The predicted molar refractivity (Wildman–Crippen MR) is 145 cm³/mol. The van der Waals surface area contributed by atoms with Gasteiger partial charge in [0, 0.05) is 36.8 Å². The quantitative estimate of drug-likeness (QED) is 0.442. The number of rotatable bonds is 7. The number of aromatic nitrogens is 4. The number of hydrogen-bond acceptors (Lipinski definition) is 6. The standard InChI is InChI=1S/C29H37N7O/c1-18-13-29(14-18,26-35-32-17-36(26)5)20-7-6-8-21(12-20)33-25(37)22-11-19(15-31-28(4)9-10-28)23-24(34-22)27(2,3)16-30-23/h6-8,11-12,17-18,30-31H,9-10,13-16H2,1-5H3,(H,33,37)/t18-,29+. The van der Waals surface area contributed by atoms with Gasteiger partial charge in [0.2, 0.25) is 0 Å². The lowest BCUT2D eigenvalue weighted by Gasteiger charge is -2.46. The van der Waals surface area contributed by atoms with Crippen molar-refractivity contribution in [2.75, 3.05) is 17.2 Å². The molecule has 37 heavy (non-hydrogen) atoms. The van der Waals surface area contributed by atoms with Gasteiger partial charge in [0.15, 0.2) is 0 Å². The lowest BCUT2D eigenvalue weighted by molar-refractivity contribution is 0.102. The van der Waals surface area contributed by atoms with Crippen LogP contribution in [0.4, 0.5) is 11.4 Å². The van der Waals surface area contributed by atoms with Crippen LogP contribution in [-0.2, 0) is 24.4 Å². The summed E-state index contributed by atoms with van der Waals surface area (Å²) in [7, 11) is 2.00. The second kappa shape index (κ2) is 8.38. The molecule has 0 unspecified atom stereocenters. The fourth-order valence-corrected chi connectivity index (χ4v) is 6.09. The Kier molecular flexibility index (Phi) is 5.46. The monoisotopic (exact) mass is 499 g/mol. The van der Waals surface area contributed by atoms with Crippen LogP contribution in [0.5, 0.6) is 0 Å². The van der Waals surface area contributed by atoms with Gasteiger partial charge in [-0.3, -0.25) is 4.79 Å². The zero-order valence-corrected chi connectivity index (χ0v) is 22.5. The number of pyridine rings is 1. The summed E-state index contributed by atoms with van der Waals surface area (Å²) in [6.45, 7) is 10.4. The van der Waals surface area contributed by atoms with Crippen molar-refractivity contribution in [2.45, 2.75) is 76.3 Å². The van der Waals surface area contributed by atoms with Crippen molar-refractivity contribution in [3.8, 4) is 0 Å². The number of fused-ring (bicyclic) bond motifs is 1. The van der Waals surface area contributed by atoms with E-state index in [1.165, 1.54) is 12.8 Å². The fraction of sp³-hybridized carbons (Fsp3) is 0.517. The lowest BCUT2D eigenvalue weighted by Crippen LogP contribution is -2.43. The molecule has 0 saturated heterocycles. The number of benzene rings is 1. The summed E-state index contributed by atoms with van der Waals surface area (Å²) in [5.41, 5.74) is 5.44. The van der Waals surface area contributed by atoms with E-state index >= 15 is 0 Å².